The molecular formula is C20H19Cl2NO2. The first-order valence-electron chi connectivity index (χ1n) is 8.12. The van der Waals surface area contributed by atoms with E-state index in [4.69, 9.17) is 23.2 Å². The molecule has 0 aliphatic carbocycles. The Labute approximate surface area is 157 Å². The molecule has 0 saturated heterocycles. The Morgan fingerprint density at radius 2 is 1.52 bits per heavy atom. The molecule has 0 saturated carbocycles. The van der Waals surface area contributed by atoms with E-state index in [1.54, 1.807) is 29.2 Å². The molecule has 1 heterocycles. The summed E-state index contributed by atoms with van der Waals surface area (Å²) in [6.45, 7) is 4.35. The quantitative estimate of drug-likeness (QED) is 0.761. The lowest BCUT2D eigenvalue weighted by molar-refractivity contribution is -0.130. The summed E-state index contributed by atoms with van der Waals surface area (Å²) < 4.78 is 0. The minimum absolute atomic E-state index is 0.0415. The Morgan fingerprint density at radius 3 is 2.04 bits per heavy atom. The van der Waals surface area contributed by atoms with E-state index in [2.05, 4.69) is 0 Å². The van der Waals surface area contributed by atoms with Gasteiger partial charge < -0.3 is 10.0 Å². The summed E-state index contributed by atoms with van der Waals surface area (Å²) in [5, 5.41) is 11.7. The first-order chi connectivity index (χ1) is 11.9. The number of aliphatic hydroxyl groups excluding tert-OH is 1. The average molecular weight is 376 g/mol. The van der Waals surface area contributed by atoms with Gasteiger partial charge in [0.15, 0.2) is 5.76 Å². The van der Waals surface area contributed by atoms with Crippen LogP contribution in [0, 0.1) is 5.92 Å². The van der Waals surface area contributed by atoms with Crippen LogP contribution in [0.5, 0.6) is 0 Å². The van der Waals surface area contributed by atoms with Crippen LogP contribution in [0.15, 0.2) is 59.9 Å². The highest BCUT2D eigenvalue weighted by Gasteiger charge is 2.41. The Balaban J connectivity index is 2.01. The van der Waals surface area contributed by atoms with Crippen molar-refractivity contribution in [2.75, 3.05) is 0 Å². The van der Waals surface area contributed by atoms with Gasteiger partial charge in [-0.05, 0) is 41.3 Å². The molecule has 1 N–H and O–H groups in total. The lowest BCUT2D eigenvalue weighted by atomic mass is 9.91. The van der Waals surface area contributed by atoms with Crippen LogP contribution in [-0.4, -0.2) is 15.9 Å². The van der Waals surface area contributed by atoms with Crippen LogP contribution in [0.1, 0.15) is 31.0 Å². The van der Waals surface area contributed by atoms with Crippen molar-refractivity contribution >= 4 is 29.1 Å². The van der Waals surface area contributed by atoms with E-state index >= 15 is 0 Å². The molecule has 5 heteroatoms. The van der Waals surface area contributed by atoms with Gasteiger partial charge in [-0.1, -0.05) is 61.3 Å². The highest BCUT2D eigenvalue weighted by molar-refractivity contribution is 6.30. The highest BCUT2D eigenvalue weighted by atomic mass is 35.5. The topological polar surface area (TPSA) is 40.5 Å². The van der Waals surface area contributed by atoms with Crippen molar-refractivity contribution in [2.24, 2.45) is 5.92 Å². The molecule has 0 spiro atoms. The number of hydrogen-bond donors (Lipinski definition) is 1. The van der Waals surface area contributed by atoms with Crippen LogP contribution in [0.4, 0.5) is 0 Å². The summed E-state index contributed by atoms with van der Waals surface area (Å²) in [5.41, 5.74) is 2.62. The standard InChI is InChI=1S/C20H19Cl2NO2/c1-12(2)17-18(14-5-9-16(22)10-6-14)23(20(25)19(17)24)11-13-3-7-15(21)8-4-13/h3-10,12,18,24H,11H2,1-2H3. The number of rotatable bonds is 4. The molecule has 3 nitrogen and oxygen atoms in total. The van der Waals surface area contributed by atoms with Crippen molar-refractivity contribution in [3.8, 4) is 0 Å². The molecule has 1 aliphatic rings. The summed E-state index contributed by atoms with van der Waals surface area (Å²) in [5.74, 6) is -0.456. The number of amides is 1. The third kappa shape index (κ3) is 3.53. The first-order valence-corrected chi connectivity index (χ1v) is 8.88. The molecule has 2 aromatic rings. The fourth-order valence-electron chi connectivity index (χ4n) is 3.22. The van der Waals surface area contributed by atoms with Crippen molar-refractivity contribution < 1.29 is 9.90 Å². The second-order valence-electron chi connectivity index (χ2n) is 6.47. The second-order valence-corrected chi connectivity index (χ2v) is 7.35. The fraction of sp³-hybridized carbons (Fsp3) is 0.250. The summed E-state index contributed by atoms with van der Waals surface area (Å²) in [4.78, 5) is 14.4. The average Bonchev–Trinajstić information content (AvgIpc) is 2.82. The smallest absolute Gasteiger partial charge is 0.289 e. The molecule has 0 radical (unpaired) electrons. The zero-order chi connectivity index (χ0) is 18.1. The summed E-state index contributed by atoms with van der Waals surface area (Å²) in [6.07, 6.45) is 0. The zero-order valence-corrected chi connectivity index (χ0v) is 15.6. The molecule has 0 aromatic heterocycles. The monoisotopic (exact) mass is 375 g/mol. The van der Waals surface area contributed by atoms with E-state index in [0.29, 0.717) is 16.6 Å². The maximum absolute atomic E-state index is 12.7. The Bertz CT molecular complexity index is 811. The van der Waals surface area contributed by atoms with Gasteiger partial charge in [0.1, 0.15) is 0 Å². The molecule has 1 amide bonds. The summed E-state index contributed by atoms with van der Waals surface area (Å²) >= 11 is 11.9. The van der Waals surface area contributed by atoms with Crippen molar-refractivity contribution in [1.82, 2.24) is 4.90 Å². The number of hydrogen-bond acceptors (Lipinski definition) is 2. The third-order valence-corrected chi connectivity index (χ3v) is 4.92. The maximum atomic E-state index is 12.7. The van der Waals surface area contributed by atoms with Crippen molar-refractivity contribution in [3.63, 3.8) is 0 Å². The molecule has 25 heavy (non-hydrogen) atoms. The van der Waals surface area contributed by atoms with Gasteiger partial charge in [0.2, 0.25) is 0 Å². The van der Waals surface area contributed by atoms with E-state index in [1.165, 1.54) is 0 Å². The number of carbonyl (C=O) groups is 1. The van der Waals surface area contributed by atoms with Crippen LogP contribution >= 0.6 is 23.2 Å². The molecule has 1 unspecified atom stereocenters. The molecule has 1 atom stereocenters. The van der Waals surface area contributed by atoms with E-state index in [0.717, 1.165) is 16.7 Å². The van der Waals surface area contributed by atoms with Gasteiger partial charge in [0.05, 0.1) is 6.04 Å². The normalized spacial score (nSPS) is 17.7. The SMILES string of the molecule is CC(C)C1=C(O)C(=O)N(Cc2ccc(Cl)cc2)C1c1ccc(Cl)cc1. The number of aliphatic hydroxyl groups is 1. The Morgan fingerprint density at radius 1 is 1.00 bits per heavy atom. The lowest BCUT2D eigenvalue weighted by Gasteiger charge is -2.28. The van der Waals surface area contributed by atoms with E-state index in [1.807, 2.05) is 38.1 Å². The molecule has 0 fully saturated rings. The lowest BCUT2D eigenvalue weighted by Crippen LogP contribution is -2.30. The summed E-state index contributed by atoms with van der Waals surface area (Å²) in [6, 6.07) is 14.5. The number of carbonyl (C=O) groups excluding carboxylic acids is 1. The van der Waals surface area contributed by atoms with Crippen LogP contribution < -0.4 is 0 Å². The van der Waals surface area contributed by atoms with Gasteiger partial charge in [-0.25, -0.2) is 0 Å². The van der Waals surface area contributed by atoms with Crippen LogP contribution in [0.3, 0.4) is 0 Å². The summed E-state index contributed by atoms with van der Waals surface area (Å²) in [7, 11) is 0. The first kappa shape index (κ1) is 17.8. The van der Waals surface area contributed by atoms with Gasteiger partial charge in [0.25, 0.3) is 5.91 Å². The van der Waals surface area contributed by atoms with Crippen molar-refractivity contribution in [1.29, 1.82) is 0 Å². The number of nitrogens with zero attached hydrogens (tertiary/aromatic N) is 1. The van der Waals surface area contributed by atoms with Crippen LogP contribution in [0.25, 0.3) is 0 Å². The number of benzene rings is 2. The van der Waals surface area contributed by atoms with E-state index < -0.39 is 0 Å². The number of halogens is 2. The van der Waals surface area contributed by atoms with Crippen LogP contribution in [0.2, 0.25) is 10.0 Å². The van der Waals surface area contributed by atoms with Gasteiger partial charge in [-0.3, -0.25) is 4.79 Å². The molecule has 2 aromatic carbocycles. The highest BCUT2D eigenvalue weighted by Crippen LogP contribution is 2.41. The molecular weight excluding hydrogens is 357 g/mol. The Hall–Kier alpha value is -1.97. The minimum atomic E-state index is -0.349. The zero-order valence-electron chi connectivity index (χ0n) is 14.0. The third-order valence-electron chi connectivity index (χ3n) is 4.42. The fourth-order valence-corrected chi connectivity index (χ4v) is 3.47. The van der Waals surface area contributed by atoms with Crippen molar-refractivity contribution in [2.45, 2.75) is 26.4 Å². The van der Waals surface area contributed by atoms with Crippen molar-refractivity contribution in [3.05, 3.63) is 81.0 Å². The Kier molecular flexibility index (Phi) is 5.07. The molecule has 3 rings (SSSR count). The minimum Gasteiger partial charge on any atom is -0.503 e. The largest absolute Gasteiger partial charge is 0.503 e. The molecule has 0 bridgehead atoms. The molecule has 1 aliphatic heterocycles. The van der Waals surface area contributed by atoms with E-state index in [9.17, 15) is 9.90 Å². The van der Waals surface area contributed by atoms with Gasteiger partial charge >= 0.3 is 0 Å². The maximum Gasteiger partial charge on any atom is 0.289 e. The second kappa shape index (κ2) is 7.11. The van der Waals surface area contributed by atoms with E-state index in [-0.39, 0.29) is 23.6 Å². The van der Waals surface area contributed by atoms with Crippen LogP contribution in [-0.2, 0) is 11.3 Å². The predicted molar refractivity (Wildman–Crippen MR) is 101 cm³/mol. The van der Waals surface area contributed by atoms with Gasteiger partial charge in [-0.2, -0.15) is 0 Å². The molecule has 130 valence electrons. The van der Waals surface area contributed by atoms with Gasteiger partial charge in [-0.15, -0.1) is 0 Å². The predicted octanol–water partition coefficient (Wildman–Crippen LogP) is 5.55. The van der Waals surface area contributed by atoms with Gasteiger partial charge in [0, 0.05) is 22.2 Å².